The van der Waals surface area contributed by atoms with Crippen LogP contribution in [0.5, 0.6) is 17.2 Å². The second-order valence-electron chi connectivity index (χ2n) is 6.82. The number of carbonyl (C=O) groups is 1. The molecule has 0 aliphatic carbocycles. The lowest BCUT2D eigenvalue weighted by Gasteiger charge is -2.13. The molecule has 3 aromatic carbocycles. The van der Waals surface area contributed by atoms with Gasteiger partial charge in [-0.15, -0.1) is 0 Å². The summed E-state index contributed by atoms with van der Waals surface area (Å²) >= 11 is 0. The first-order valence-electron chi connectivity index (χ1n) is 9.70. The molecule has 0 fully saturated rings. The minimum absolute atomic E-state index is 0.236. The molecule has 1 N–H and O–H groups in total. The van der Waals surface area contributed by atoms with Crippen LogP contribution in [-0.4, -0.2) is 32.2 Å². The highest BCUT2D eigenvalue weighted by molar-refractivity contribution is 6.13. The van der Waals surface area contributed by atoms with Crippen molar-refractivity contribution in [3.8, 4) is 28.5 Å². The molecular formula is C25H22N2O4. The third-order valence-corrected chi connectivity index (χ3v) is 4.99. The van der Waals surface area contributed by atoms with Crippen molar-refractivity contribution in [3.05, 3.63) is 78.4 Å². The molecule has 156 valence electrons. The van der Waals surface area contributed by atoms with Crippen LogP contribution in [-0.2, 0) is 0 Å². The molecular weight excluding hydrogens is 392 g/mol. The van der Waals surface area contributed by atoms with Gasteiger partial charge < -0.3 is 19.5 Å². The fraction of sp³-hybridized carbons (Fsp3) is 0.120. The van der Waals surface area contributed by atoms with Gasteiger partial charge in [0, 0.05) is 22.7 Å². The van der Waals surface area contributed by atoms with Gasteiger partial charge in [-0.25, -0.2) is 4.98 Å². The van der Waals surface area contributed by atoms with Crippen molar-refractivity contribution in [2.45, 2.75) is 0 Å². The number of rotatable bonds is 6. The lowest BCUT2D eigenvalue weighted by molar-refractivity contribution is 0.102. The van der Waals surface area contributed by atoms with Crippen LogP contribution in [0.1, 0.15) is 10.4 Å². The van der Waals surface area contributed by atoms with Gasteiger partial charge >= 0.3 is 0 Å². The van der Waals surface area contributed by atoms with Crippen molar-refractivity contribution in [1.82, 2.24) is 4.98 Å². The van der Waals surface area contributed by atoms with Crippen LogP contribution in [0.15, 0.2) is 72.8 Å². The minimum Gasteiger partial charge on any atom is -0.497 e. The average Bonchev–Trinajstić information content (AvgIpc) is 2.83. The third kappa shape index (κ3) is 4.14. The number of nitrogens with zero attached hydrogens (tertiary/aromatic N) is 1. The number of methoxy groups -OCH3 is 3. The Morgan fingerprint density at radius 3 is 2.26 bits per heavy atom. The molecule has 0 saturated carbocycles. The van der Waals surface area contributed by atoms with Crippen molar-refractivity contribution in [3.63, 3.8) is 0 Å². The molecule has 0 bridgehead atoms. The molecule has 0 spiro atoms. The highest BCUT2D eigenvalue weighted by Gasteiger charge is 2.15. The molecule has 1 aromatic heterocycles. The zero-order valence-corrected chi connectivity index (χ0v) is 17.5. The maximum atomic E-state index is 13.2. The maximum Gasteiger partial charge on any atom is 0.256 e. The van der Waals surface area contributed by atoms with Gasteiger partial charge in [-0.05, 0) is 48.5 Å². The van der Waals surface area contributed by atoms with Gasteiger partial charge in [-0.3, -0.25) is 4.79 Å². The second kappa shape index (κ2) is 8.75. The summed E-state index contributed by atoms with van der Waals surface area (Å²) in [7, 11) is 4.75. The largest absolute Gasteiger partial charge is 0.497 e. The summed E-state index contributed by atoms with van der Waals surface area (Å²) in [6.07, 6.45) is 0. The van der Waals surface area contributed by atoms with Crippen molar-refractivity contribution in [2.24, 2.45) is 0 Å². The molecule has 4 aromatic rings. The molecule has 0 radical (unpaired) electrons. The van der Waals surface area contributed by atoms with E-state index in [9.17, 15) is 4.79 Å². The highest BCUT2D eigenvalue weighted by atomic mass is 16.5. The van der Waals surface area contributed by atoms with E-state index in [-0.39, 0.29) is 5.91 Å². The van der Waals surface area contributed by atoms with Crippen LogP contribution >= 0.6 is 0 Å². The first kappa shape index (κ1) is 20.2. The number of fused-ring (bicyclic) bond motifs is 1. The Balaban J connectivity index is 1.74. The van der Waals surface area contributed by atoms with Crippen LogP contribution < -0.4 is 19.5 Å². The van der Waals surface area contributed by atoms with E-state index in [1.807, 2.05) is 48.5 Å². The van der Waals surface area contributed by atoms with E-state index >= 15 is 0 Å². The molecule has 0 aliphatic rings. The molecule has 31 heavy (non-hydrogen) atoms. The number of para-hydroxylation sites is 1. The molecule has 0 saturated heterocycles. The molecule has 0 unspecified atom stereocenters. The Bertz CT molecular complexity index is 1240. The summed E-state index contributed by atoms with van der Waals surface area (Å²) in [5, 5.41) is 3.73. The molecule has 4 rings (SSSR count). The second-order valence-corrected chi connectivity index (χ2v) is 6.82. The summed E-state index contributed by atoms with van der Waals surface area (Å²) in [6.45, 7) is 0. The zero-order valence-electron chi connectivity index (χ0n) is 17.5. The summed E-state index contributed by atoms with van der Waals surface area (Å²) in [6, 6.07) is 22.2. The minimum atomic E-state index is -0.236. The normalized spacial score (nSPS) is 10.5. The number of aromatic nitrogens is 1. The van der Waals surface area contributed by atoms with Crippen LogP contribution in [0.2, 0.25) is 0 Å². The van der Waals surface area contributed by atoms with Gasteiger partial charge in [0.25, 0.3) is 5.91 Å². The number of carbonyl (C=O) groups excluding carboxylic acids is 1. The van der Waals surface area contributed by atoms with Gasteiger partial charge in [0.05, 0.1) is 38.1 Å². The number of anilines is 1. The van der Waals surface area contributed by atoms with Crippen LogP contribution in [0.4, 0.5) is 5.69 Å². The standard InChI is InChI=1S/C25H22N2O4/c1-29-18-11-8-16(9-12-18)22-15-20(19-6-4-5-7-21(19)27-22)25(28)26-17-10-13-23(30-2)24(14-17)31-3/h4-15H,1-3H3,(H,26,28). The number of ether oxygens (including phenoxy) is 3. The predicted molar refractivity (Wildman–Crippen MR) is 121 cm³/mol. The van der Waals surface area contributed by atoms with E-state index < -0.39 is 0 Å². The van der Waals surface area contributed by atoms with E-state index in [2.05, 4.69) is 5.32 Å². The van der Waals surface area contributed by atoms with Crippen molar-refractivity contribution in [2.75, 3.05) is 26.6 Å². The van der Waals surface area contributed by atoms with Crippen LogP contribution in [0.25, 0.3) is 22.2 Å². The summed E-state index contributed by atoms with van der Waals surface area (Å²) in [5.74, 6) is 1.66. The fourth-order valence-electron chi connectivity index (χ4n) is 3.39. The number of benzene rings is 3. The van der Waals surface area contributed by atoms with Gasteiger partial charge in [-0.1, -0.05) is 18.2 Å². The number of hydrogen-bond donors (Lipinski definition) is 1. The summed E-state index contributed by atoms with van der Waals surface area (Å²) in [4.78, 5) is 18.0. The molecule has 1 amide bonds. The quantitative estimate of drug-likeness (QED) is 0.471. The molecule has 0 atom stereocenters. The zero-order chi connectivity index (χ0) is 21.8. The smallest absolute Gasteiger partial charge is 0.256 e. The van der Waals surface area contributed by atoms with Gasteiger partial charge in [0.1, 0.15) is 5.75 Å². The van der Waals surface area contributed by atoms with Gasteiger partial charge in [0.15, 0.2) is 11.5 Å². The van der Waals surface area contributed by atoms with E-state index in [4.69, 9.17) is 19.2 Å². The van der Waals surface area contributed by atoms with E-state index in [1.165, 1.54) is 0 Å². The Morgan fingerprint density at radius 2 is 1.55 bits per heavy atom. The summed E-state index contributed by atoms with van der Waals surface area (Å²) < 4.78 is 15.8. The van der Waals surface area contributed by atoms with E-state index in [0.717, 1.165) is 22.2 Å². The van der Waals surface area contributed by atoms with Crippen molar-refractivity contribution in [1.29, 1.82) is 0 Å². The lowest BCUT2D eigenvalue weighted by Crippen LogP contribution is -2.13. The van der Waals surface area contributed by atoms with Gasteiger partial charge in [-0.2, -0.15) is 0 Å². The Kier molecular flexibility index (Phi) is 5.71. The average molecular weight is 414 g/mol. The maximum absolute atomic E-state index is 13.2. The van der Waals surface area contributed by atoms with Crippen molar-refractivity contribution < 1.29 is 19.0 Å². The lowest BCUT2D eigenvalue weighted by atomic mass is 10.0. The van der Waals surface area contributed by atoms with E-state index in [0.29, 0.717) is 28.4 Å². The fourth-order valence-corrected chi connectivity index (χ4v) is 3.39. The third-order valence-electron chi connectivity index (χ3n) is 4.99. The number of pyridine rings is 1. The Hall–Kier alpha value is -4.06. The molecule has 1 heterocycles. The topological polar surface area (TPSA) is 69.7 Å². The highest BCUT2D eigenvalue weighted by Crippen LogP contribution is 2.31. The Labute approximate surface area is 180 Å². The first-order chi connectivity index (χ1) is 15.1. The SMILES string of the molecule is COc1ccc(-c2cc(C(=O)Nc3ccc(OC)c(OC)c3)c3ccccc3n2)cc1. The predicted octanol–water partition coefficient (Wildman–Crippen LogP) is 5.18. The van der Waals surface area contributed by atoms with Crippen molar-refractivity contribution >= 4 is 22.5 Å². The van der Waals surface area contributed by atoms with Gasteiger partial charge in [0.2, 0.25) is 0 Å². The first-order valence-corrected chi connectivity index (χ1v) is 9.70. The molecule has 0 aliphatic heterocycles. The monoisotopic (exact) mass is 414 g/mol. The number of hydrogen-bond acceptors (Lipinski definition) is 5. The van der Waals surface area contributed by atoms with Crippen LogP contribution in [0, 0.1) is 0 Å². The van der Waals surface area contributed by atoms with Crippen LogP contribution in [0.3, 0.4) is 0 Å². The number of amides is 1. The molecule has 6 nitrogen and oxygen atoms in total. The number of nitrogens with one attached hydrogen (secondary N) is 1. The Morgan fingerprint density at radius 1 is 0.806 bits per heavy atom. The summed E-state index contributed by atoms with van der Waals surface area (Å²) in [5.41, 5.74) is 3.49. The molecule has 6 heteroatoms. The van der Waals surface area contributed by atoms with E-state index in [1.54, 1.807) is 45.6 Å².